The molecule has 0 saturated carbocycles. The molecule has 0 aliphatic carbocycles. The number of anilines is 2. The quantitative estimate of drug-likeness (QED) is 0.871. The molecule has 6 heteroatoms. The maximum atomic E-state index is 13.5. The molecule has 0 spiro atoms. The Labute approximate surface area is 134 Å². The van der Waals surface area contributed by atoms with Crippen LogP contribution in [0.1, 0.15) is 5.69 Å². The highest BCUT2D eigenvalue weighted by molar-refractivity contribution is 5.53. The van der Waals surface area contributed by atoms with Crippen molar-refractivity contribution in [2.24, 2.45) is 0 Å². The van der Waals surface area contributed by atoms with Crippen LogP contribution in [0.2, 0.25) is 0 Å². The minimum atomic E-state index is -0.354. The molecule has 0 bridgehead atoms. The van der Waals surface area contributed by atoms with E-state index in [2.05, 4.69) is 20.9 Å². The topological polar surface area (TPSA) is 52.4 Å². The Bertz CT molecular complexity index is 736. The summed E-state index contributed by atoms with van der Waals surface area (Å²) in [5, 5.41) is 8.94. The number of rotatable bonds is 3. The first-order chi connectivity index (χ1) is 11.2. The summed E-state index contributed by atoms with van der Waals surface area (Å²) >= 11 is 0. The summed E-state index contributed by atoms with van der Waals surface area (Å²) in [5.74, 6) is 0.723. The van der Waals surface area contributed by atoms with E-state index in [0.717, 1.165) is 37.7 Å². The molecule has 0 amide bonds. The second kappa shape index (κ2) is 6.53. The molecule has 1 aromatic heterocycles. The van der Waals surface area contributed by atoms with Gasteiger partial charge < -0.3 is 14.5 Å². The molecular formula is C17H17FN4O. The molecule has 23 heavy (non-hydrogen) atoms. The first kappa shape index (κ1) is 15.1. The zero-order chi connectivity index (χ0) is 16.2. The van der Waals surface area contributed by atoms with E-state index in [1.54, 1.807) is 18.2 Å². The average molecular weight is 312 g/mol. The average Bonchev–Trinajstić information content (AvgIpc) is 2.62. The maximum absolute atomic E-state index is 13.5. The molecule has 1 fully saturated rings. The van der Waals surface area contributed by atoms with Crippen molar-refractivity contribution in [3.8, 4) is 11.8 Å². The van der Waals surface area contributed by atoms with Gasteiger partial charge in [0, 0.05) is 37.9 Å². The van der Waals surface area contributed by atoms with Crippen LogP contribution in [0.4, 0.5) is 15.9 Å². The Morgan fingerprint density at radius 3 is 2.57 bits per heavy atom. The van der Waals surface area contributed by atoms with Crippen molar-refractivity contribution in [3.63, 3.8) is 0 Å². The molecule has 118 valence electrons. The van der Waals surface area contributed by atoms with Crippen LogP contribution in [0.25, 0.3) is 0 Å². The number of hydrogen-bond donors (Lipinski definition) is 0. The number of ether oxygens (including phenoxy) is 1. The van der Waals surface area contributed by atoms with Crippen LogP contribution in [-0.2, 0) is 0 Å². The molecule has 3 rings (SSSR count). The van der Waals surface area contributed by atoms with E-state index in [4.69, 9.17) is 10.00 Å². The normalized spacial score (nSPS) is 14.5. The van der Waals surface area contributed by atoms with Crippen LogP contribution in [-0.4, -0.2) is 38.3 Å². The lowest BCUT2D eigenvalue weighted by Crippen LogP contribution is -2.46. The Kier molecular flexibility index (Phi) is 4.29. The molecule has 1 saturated heterocycles. The third kappa shape index (κ3) is 3.19. The van der Waals surface area contributed by atoms with Gasteiger partial charge in [0.1, 0.15) is 17.6 Å². The molecule has 1 aromatic carbocycles. The van der Waals surface area contributed by atoms with Crippen molar-refractivity contribution in [2.45, 2.75) is 0 Å². The summed E-state index contributed by atoms with van der Waals surface area (Å²) in [4.78, 5) is 8.67. The highest BCUT2D eigenvalue weighted by Gasteiger charge is 2.19. The molecule has 0 N–H and O–H groups in total. The van der Waals surface area contributed by atoms with Crippen LogP contribution in [0.15, 0.2) is 36.4 Å². The molecule has 2 heterocycles. The van der Waals surface area contributed by atoms with Crippen LogP contribution >= 0.6 is 0 Å². The summed E-state index contributed by atoms with van der Waals surface area (Å²) < 4.78 is 18.5. The first-order valence-electron chi connectivity index (χ1n) is 7.42. The summed E-state index contributed by atoms with van der Waals surface area (Å²) in [6.07, 6.45) is 0. The highest BCUT2D eigenvalue weighted by Crippen LogP contribution is 2.26. The molecule has 0 atom stereocenters. The molecule has 1 aliphatic heterocycles. The minimum Gasteiger partial charge on any atom is -0.494 e. The fourth-order valence-electron chi connectivity index (χ4n) is 2.70. The van der Waals surface area contributed by atoms with Gasteiger partial charge in [-0.3, -0.25) is 0 Å². The van der Waals surface area contributed by atoms with Crippen molar-refractivity contribution < 1.29 is 9.13 Å². The number of nitrogens with zero attached hydrogens (tertiary/aromatic N) is 4. The second-order valence-electron chi connectivity index (χ2n) is 5.29. The van der Waals surface area contributed by atoms with Gasteiger partial charge in [0.25, 0.3) is 0 Å². The zero-order valence-corrected chi connectivity index (χ0v) is 12.9. The lowest BCUT2D eigenvalue weighted by atomic mass is 10.2. The molecule has 0 unspecified atom stereocenters. The summed E-state index contributed by atoms with van der Waals surface area (Å²) in [6.45, 7) is 3.18. The van der Waals surface area contributed by atoms with Gasteiger partial charge in [-0.25, -0.2) is 9.37 Å². The van der Waals surface area contributed by atoms with Gasteiger partial charge in [-0.2, -0.15) is 5.26 Å². The number of piperazine rings is 1. The van der Waals surface area contributed by atoms with E-state index >= 15 is 0 Å². The molecule has 1 aliphatic rings. The van der Waals surface area contributed by atoms with E-state index in [1.165, 1.54) is 13.2 Å². The summed E-state index contributed by atoms with van der Waals surface area (Å²) in [5.41, 5.74) is 1.37. The lowest BCUT2D eigenvalue weighted by Gasteiger charge is -2.36. The standard InChI is InChI=1S/C17H17FN4O/c1-23-16-11-14(5-6-15(16)18)21-7-9-22(10-8-21)17-4-2-3-13(12-19)20-17/h2-6,11H,7-10H2,1H3. The number of aromatic nitrogens is 1. The lowest BCUT2D eigenvalue weighted by molar-refractivity contribution is 0.386. The summed E-state index contributed by atoms with van der Waals surface area (Å²) in [7, 11) is 1.47. The number of nitriles is 1. The maximum Gasteiger partial charge on any atom is 0.165 e. The largest absolute Gasteiger partial charge is 0.494 e. The third-order valence-corrected chi connectivity index (χ3v) is 3.95. The Hall–Kier alpha value is -2.81. The fourth-order valence-corrected chi connectivity index (χ4v) is 2.70. The van der Waals surface area contributed by atoms with E-state index in [0.29, 0.717) is 5.69 Å². The number of methoxy groups -OCH3 is 1. The van der Waals surface area contributed by atoms with Crippen molar-refractivity contribution >= 4 is 11.5 Å². The van der Waals surface area contributed by atoms with E-state index < -0.39 is 0 Å². The van der Waals surface area contributed by atoms with Gasteiger partial charge in [-0.05, 0) is 24.3 Å². The Morgan fingerprint density at radius 2 is 1.87 bits per heavy atom. The fraction of sp³-hybridized carbons (Fsp3) is 0.294. The van der Waals surface area contributed by atoms with Gasteiger partial charge in [-0.1, -0.05) is 6.07 Å². The van der Waals surface area contributed by atoms with Gasteiger partial charge in [0.05, 0.1) is 7.11 Å². The third-order valence-electron chi connectivity index (χ3n) is 3.95. The summed E-state index contributed by atoms with van der Waals surface area (Å²) in [6, 6.07) is 12.4. The minimum absolute atomic E-state index is 0.258. The molecule has 2 aromatic rings. The van der Waals surface area contributed by atoms with Crippen molar-refractivity contribution in [2.75, 3.05) is 43.1 Å². The number of hydrogen-bond acceptors (Lipinski definition) is 5. The van der Waals surface area contributed by atoms with Crippen LogP contribution in [0.5, 0.6) is 5.75 Å². The highest BCUT2D eigenvalue weighted by atomic mass is 19.1. The van der Waals surface area contributed by atoms with E-state index in [1.807, 2.05) is 12.1 Å². The van der Waals surface area contributed by atoms with Gasteiger partial charge in [0.15, 0.2) is 11.6 Å². The SMILES string of the molecule is COc1cc(N2CCN(c3cccc(C#N)n3)CC2)ccc1F. The van der Waals surface area contributed by atoms with Gasteiger partial charge in [-0.15, -0.1) is 0 Å². The number of benzene rings is 1. The Balaban J connectivity index is 1.70. The predicted molar refractivity (Wildman–Crippen MR) is 86.3 cm³/mol. The smallest absolute Gasteiger partial charge is 0.165 e. The van der Waals surface area contributed by atoms with Crippen LogP contribution < -0.4 is 14.5 Å². The molecule has 5 nitrogen and oxygen atoms in total. The van der Waals surface area contributed by atoms with Crippen molar-refractivity contribution in [1.82, 2.24) is 4.98 Å². The predicted octanol–water partition coefficient (Wildman–Crippen LogP) is 2.43. The Morgan fingerprint density at radius 1 is 1.13 bits per heavy atom. The second-order valence-corrected chi connectivity index (χ2v) is 5.29. The number of halogens is 1. The zero-order valence-electron chi connectivity index (χ0n) is 12.9. The number of pyridine rings is 1. The molecular weight excluding hydrogens is 295 g/mol. The van der Waals surface area contributed by atoms with Crippen molar-refractivity contribution in [3.05, 3.63) is 47.9 Å². The van der Waals surface area contributed by atoms with E-state index in [9.17, 15) is 4.39 Å². The van der Waals surface area contributed by atoms with Crippen molar-refractivity contribution in [1.29, 1.82) is 5.26 Å². The monoisotopic (exact) mass is 312 g/mol. The van der Waals surface area contributed by atoms with Gasteiger partial charge in [0.2, 0.25) is 0 Å². The molecule has 0 radical (unpaired) electrons. The first-order valence-corrected chi connectivity index (χ1v) is 7.42. The van der Waals surface area contributed by atoms with Gasteiger partial charge >= 0.3 is 0 Å². The van der Waals surface area contributed by atoms with E-state index in [-0.39, 0.29) is 11.6 Å². The van der Waals surface area contributed by atoms with Crippen LogP contribution in [0.3, 0.4) is 0 Å². The van der Waals surface area contributed by atoms with Crippen LogP contribution in [0, 0.1) is 17.1 Å².